The molecule has 0 aliphatic carbocycles. The molecular weight excluding hydrogens is 208 g/mol. The van der Waals surface area contributed by atoms with Gasteiger partial charge in [-0.3, -0.25) is 9.59 Å². The van der Waals surface area contributed by atoms with Crippen LogP contribution in [0.15, 0.2) is 0 Å². The number of hydrogen-bond donors (Lipinski definition) is 0. The lowest BCUT2D eigenvalue weighted by Gasteiger charge is -2.51. The monoisotopic (exact) mass is 218 g/mol. The van der Waals surface area contributed by atoms with E-state index in [1.807, 2.05) is 0 Å². The van der Waals surface area contributed by atoms with Crippen LogP contribution in [0, 0.1) is 0 Å². The Labute approximate surface area is 84.4 Å². The van der Waals surface area contributed by atoms with Crippen LogP contribution in [-0.4, -0.2) is 46.0 Å². The van der Waals surface area contributed by atoms with Gasteiger partial charge in [-0.15, -0.1) is 0 Å². The van der Waals surface area contributed by atoms with E-state index in [-0.39, 0.29) is 17.2 Å². The molecule has 0 saturated carbocycles. The van der Waals surface area contributed by atoms with E-state index in [1.165, 1.54) is 26.5 Å². The molecule has 0 spiro atoms. The molecule has 3 aliphatic rings. The largest absolute Gasteiger partial charge is 0.322 e. The van der Waals surface area contributed by atoms with Crippen molar-refractivity contribution >= 4 is 33.4 Å². The standard InChI is InChI=1S/C7H10N2O2S2/c1-7-6(11)8(2)5(12-13-7)4(10)9(7)3/h5H,1-3H3/t5-,7+/m0/s1. The summed E-state index contributed by atoms with van der Waals surface area (Å²) in [6.45, 7) is 1.79. The number of fused-ring (bicyclic) bond motifs is 3. The summed E-state index contributed by atoms with van der Waals surface area (Å²) < 4.78 is 0. The molecule has 72 valence electrons. The third-order valence-corrected chi connectivity index (χ3v) is 5.93. The van der Waals surface area contributed by atoms with Crippen molar-refractivity contribution in [3.8, 4) is 0 Å². The Bertz CT molecular complexity index is 292. The van der Waals surface area contributed by atoms with Gasteiger partial charge in [0.1, 0.15) is 0 Å². The summed E-state index contributed by atoms with van der Waals surface area (Å²) in [7, 11) is 6.31. The van der Waals surface area contributed by atoms with Crippen LogP contribution in [0.3, 0.4) is 0 Å². The van der Waals surface area contributed by atoms with Gasteiger partial charge in [-0.1, -0.05) is 21.6 Å². The predicted octanol–water partition coefficient (Wildman–Crippen LogP) is 0.354. The van der Waals surface area contributed by atoms with Crippen molar-refractivity contribution in [2.24, 2.45) is 0 Å². The predicted molar refractivity (Wildman–Crippen MR) is 52.9 cm³/mol. The molecule has 6 heteroatoms. The normalized spacial score (nSPS) is 38.8. The zero-order valence-electron chi connectivity index (χ0n) is 7.60. The summed E-state index contributed by atoms with van der Waals surface area (Å²) >= 11 is 0. The molecule has 0 radical (unpaired) electrons. The topological polar surface area (TPSA) is 40.6 Å². The van der Waals surface area contributed by atoms with Gasteiger partial charge in [0.25, 0.3) is 11.8 Å². The second-order valence-electron chi connectivity index (χ2n) is 3.33. The number of likely N-dealkylation sites (N-methyl/N-ethyl adjacent to an activating group) is 2. The number of nitrogens with zero attached hydrogens (tertiary/aromatic N) is 2. The highest BCUT2D eigenvalue weighted by molar-refractivity contribution is 8.78. The zero-order chi connectivity index (χ0) is 9.80. The highest BCUT2D eigenvalue weighted by Crippen LogP contribution is 2.51. The van der Waals surface area contributed by atoms with E-state index >= 15 is 0 Å². The fourth-order valence-corrected chi connectivity index (χ4v) is 4.64. The van der Waals surface area contributed by atoms with Crippen LogP contribution in [0.5, 0.6) is 0 Å². The summed E-state index contributed by atoms with van der Waals surface area (Å²) in [6.07, 6.45) is 0. The maximum atomic E-state index is 11.8. The quantitative estimate of drug-likeness (QED) is 0.550. The van der Waals surface area contributed by atoms with Gasteiger partial charge < -0.3 is 9.80 Å². The second kappa shape index (κ2) is 2.57. The Kier molecular flexibility index (Phi) is 1.82. The molecule has 0 unspecified atom stereocenters. The molecular formula is C7H10N2O2S2. The smallest absolute Gasteiger partial charge is 0.260 e. The molecule has 3 rings (SSSR count). The molecule has 3 saturated heterocycles. The Morgan fingerprint density at radius 3 is 2.62 bits per heavy atom. The van der Waals surface area contributed by atoms with Gasteiger partial charge in [0, 0.05) is 14.1 Å². The Balaban J connectivity index is 2.45. The Hall–Kier alpha value is -0.360. The van der Waals surface area contributed by atoms with Gasteiger partial charge in [-0.25, -0.2) is 0 Å². The molecule has 3 aliphatic heterocycles. The van der Waals surface area contributed by atoms with E-state index < -0.39 is 4.87 Å². The maximum absolute atomic E-state index is 11.8. The maximum Gasteiger partial charge on any atom is 0.260 e. The van der Waals surface area contributed by atoms with Gasteiger partial charge in [0.15, 0.2) is 10.2 Å². The number of carbonyl (C=O) groups excluding carboxylic acids is 2. The Morgan fingerprint density at radius 1 is 1.38 bits per heavy atom. The third-order valence-electron chi connectivity index (χ3n) is 2.55. The first-order valence-corrected chi connectivity index (χ1v) is 6.09. The molecule has 2 amide bonds. The molecule has 0 aromatic heterocycles. The van der Waals surface area contributed by atoms with E-state index in [1.54, 1.807) is 25.9 Å². The van der Waals surface area contributed by atoms with Crippen molar-refractivity contribution in [1.29, 1.82) is 0 Å². The summed E-state index contributed by atoms with van der Waals surface area (Å²) in [5.41, 5.74) is 0. The number of rotatable bonds is 0. The van der Waals surface area contributed by atoms with Crippen molar-refractivity contribution in [1.82, 2.24) is 9.80 Å². The fourth-order valence-electron chi connectivity index (χ4n) is 1.46. The first-order valence-electron chi connectivity index (χ1n) is 3.88. The van der Waals surface area contributed by atoms with Crippen LogP contribution >= 0.6 is 21.6 Å². The molecule has 4 nitrogen and oxygen atoms in total. The van der Waals surface area contributed by atoms with Crippen LogP contribution in [0.25, 0.3) is 0 Å². The second-order valence-corrected chi connectivity index (χ2v) is 6.01. The van der Waals surface area contributed by atoms with Crippen LogP contribution in [0.2, 0.25) is 0 Å². The summed E-state index contributed by atoms with van der Waals surface area (Å²) in [4.78, 5) is 25.8. The van der Waals surface area contributed by atoms with E-state index in [0.29, 0.717) is 0 Å². The molecule has 3 heterocycles. The SMILES string of the molecule is CN1C(=O)[C@@]2(C)SS[C@H]1C(=O)N2C. The van der Waals surface area contributed by atoms with Crippen molar-refractivity contribution in [3.05, 3.63) is 0 Å². The van der Waals surface area contributed by atoms with Gasteiger partial charge >= 0.3 is 0 Å². The van der Waals surface area contributed by atoms with E-state index in [4.69, 9.17) is 0 Å². The molecule has 2 atom stereocenters. The summed E-state index contributed by atoms with van der Waals surface area (Å²) in [6, 6.07) is 0. The average molecular weight is 218 g/mol. The lowest BCUT2D eigenvalue weighted by Crippen LogP contribution is -2.68. The number of amides is 2. The minimum absolute atomic E-state index is 0.0170. The Morgan fingerprint density at radius 2 is 2.00 bits per heavy atom. The summed E-state index contributed by atoms with van der Waals surface area (Å²) in [5, 5.41) is -0.329. The van der Waals surface area contributed by atoms with Gasteiger partial charge in [-0.2, -0.15) is 0 Å². The van der Waals surface area contributed by atoms with Crippen LogP contribution < -0.4 is 0 Å². The van der Waals surface area contributed by atoms with Crippen molar-refractivity contribution in [2.75, 3.05) is 14.1 Å². The number of piperazine rings is 1. The minimum Gasteiger partial charge on any atom is -0.322 e. The average Bonchev–Trinajstić information content (AvgIpc) is 2.10. The van der Waals surface area contributed by atoms with Gasteiger partial charge in [-0.05, 0) is 6.92 Å². The third kappa shape index (κ3) is 0.956. The first-order chi connectivity index (χ1) is 5.98. The van der Waals surface area contributed by atoms with Gasteiger partial charge in [0.2, 0.25) is 0 Å². The molecule has 2 bridgehead atoms. The van der Waals surface area contributed by atoms with E-state index in [0.717, 1.165) is 0 Å². The molecule has 0 N–H and O–H groups in total. The lowest BCUT2D eigenvalue weighted by molar-refractivity contribution is -0.156. The first kappa shape index (κ1) is 9.21. The number of carbonyl (C=O) groups is 2. The number of hydrogen-bond acceptors (Lipinski definition) is 4. The lowest BCUT2D eigenvalue weighted by atomic mass is 10.2. The van der Waals surface area contributed by atoms with Crippen LogP contribution in [-0.2, 0) is 9.59 Å². The van der Waals surface area contributed by atoms with Crippen molar-refractivity contribution < 1.29 is 9.59 Å². The highest BCUT2D eigenvalue weighted by atomic mass is 33.1. The van der Waals surface area contributed by atoms with Crippen LogP contribution in [0.4, 0.5) is 0 Å². The molecule has 13 heavy (non-hydrogen) atoms. The van der Waals surface area contributed by atoms with Gasteiger partial charge in [0.05, 0.1) is 0 Å². The van der Waals surface area contributed by atoms with E-state index in [9.17, 15) is 9.59 Å². The van der Waals surface area contributed by atoms with Crippen molar-refractivity contribution in [2.45, 2.75) is 17.2 Å². The summed E-state index contributed by atoms with van der Waals surface area (Å²) in [5.74, 6) is 0.0386. The highest BCUT2D eigenvalue weighted by Gasteiger charge is 2.57. The van der Waals surface area contributed by atoms with Crippen molar-refractivity contribution in [3.63, 3.8) is 0 Å². The molecule has 0 aromatic rings. The minimum atomic E-state index is -0.703. The fraction of sp³-hybridized carbons (Fsp3) is 0.714. The van der Waals surface area contributed by atoms with E-state index in [2.05, 4.69) is 0 Å². The van der Waals surface area contributed by atoms with Crippen LogP contribution in [0.1, 0.15) is 6.92 Å². The molecule has 0 aromatic carbocycles. The molecule has 3 fully saturated rings. The zero-order valence-corrected chi connectivity index (χ0v) is 9.24.